The van der Waals surface area contributed by atoms with Gasteiger partial charge in [0.05, 0.1) is 29.5 Å². The summed E-state index contributed by atoms with van der Waals surface area (Å²) in [6.45, 7) is -1.05. The van der Waals surface area contributed by atoms with Crippen molar-refractivity contribution in [1.82, 2.24) is 0 Å². The summed E-state index contributed by atoms with van der Waals surface area (Å²) in [6, 6.07) is 2.74. The van der Waals surface area contributed by atoms with Crippen molar-refractivity contribution in [3.63, 3.8) is 0 Å². The van der Waals surface area contributed by atoms with Crippen molar-refractivity contribution >= 4 is 11.7 Å². The number of para-hydroxylation sites is 1. The van der Waals surface area contributed by atoms with Gasteiger partial charge in [0, 0.05) is 6.54 Å². The maximum Gasteiger partial charge on any atom is 0.418 e. The second kappa shape index (κ2) is 5.89. The molecule has 0 heterocycles. The number of carbonyl (C=O) groups is 1. The van der Waals surface area contributed by atoms with Crippen molar-refractivity contribution in [2.45, 2.75) is 12.3 Å². The van der Waals surface area contributed by atoms with Gasteiger partial charge in [-0.1, -0.05) is 6.07 Å². The number of nitrogens with one attached hydrogen (secondary N) is 1. The third kappa shape index (κ3) is 3.83. The summed E-state index contributed by atoms with van der Waals surface area (Å²) in [4.78, 5) is 10.9. The highest BCUT2D eigenvalue weighted by Crippen LogP contribution is 2.36. The van der Waals surface area contributed by atoms with Crippen LogP contribution in [0.2, 0.25) is 0 Å². The number of alkyl halides is 3. The van der Waals surface area contributed by atoms with Gasteiger partial charge in [-0.25, -0.2) is 4.79 Å². The van der Waals surface area contributed by atoms with Gasteiger partial charge < -0.3 is 20.6 Å². The average molecular weight is 279 g/mol. The van der Waals surface area contributed by atoms with Crippen LogP contribution in [0.3, 0.4) is 0 Å². The number of aromatic carboxylic acids is 1. The van der Waals surface area contributed by atoms with E-state index in [1.165, 1.54) is 0 Å². The molecule has 1 aromatic rings. The molecule has 0 amide bonds. The minimum absolute atomic E-state index is 0.399. The van der Waals surface area contributed by atoms with Crippen molar-refractivity contribution in [1.29, 1.82) is 0 Å². The van der Waals surface area contributed by atoms with Crippen molar-refractivity contribution in [3.8, 4) is 0 Å². The van der Waals surface area contributed by atoms with E-state index < -0.39 is 48.2 Å². The molecule has 0 saturated heterocycles. The largest absolute Gasteiger partial charge is 0.478 e. The van der Waals surface area contributed by atoms with Gasteiger partial charge in [-0.15, -0.1) is 0 Å². The molecule has 0 radical (unpaired) electrons. The predicted octanol–water partition coefficient (Wildman–Crippen LogP) is 1.17. The molecule has 8 heteroatoms. The summed E-state index contributed by atoms with van der Waals surface area (Å²) in [7, 11) is 0. The third-order valence-electron chi connectivity index (χ3n) is 2.33. The molecule has 4 N–H and O–H groups in total. The molecule has 0 bridgehead atoms. The van der Waals surface area contributed by atoms with Gasteiger partial charge in [-0.3, -0.25) is 0 Å². The van der Waals surface area contributed by atoms with Crippen LogP contribution >= 0.6 is 0 Å². The van der Waals surface area contributed by atoms with Crippen LogP contribution in [-0.2, 0) is 6.18 Å². The standard InChI is InChI=1S/C11H12F3NO4/c12-11(13,14)8-3-1-2-7(10(18)19)9(8)15-4-6(17)5-16/h1-3,6,15-17H,4-5H2,(H,18,19). The Kier molecular flexibility index (Phi) is 4.73. The van der Waals surface area contributed by atoms with Gasteiger partial charge in [-0.2, -0.15) is 13.2 Å². The Labute approximate surface area is 106 Å². The number of anilines is 1. The number of halogens is 3. The van der Waals surface area contributed by atoms with Crippen molar-refractivity contribution < 1.29 is 33.3 Å². The Balaban J connectivity index is 3.18. The van der Waals surface area contributed by atoms with Crippen LogP contribution in [0.25, 0.3) is 0 Å². The fraction of sp³-hybridized carbons (Fsp3) is 0.364. The molecule has 19 heavy (non-hydrogen) atoms. The van der Waals surface area contributed by atoms with E-state index in [2.05, 4.69) is 5.32 Å². The minimum atomic E-state index is -4.72. The summed E-state index contributed by atoms with van der Waals surface area (Å²) in [6.07, 6.45) is -6.01. The summed E-state index contributed by atoms with van der Waals surface area (Å²) in [5.41, 5.74) is -2.33. The van der Waals surface area contributed by atoms with Crippen molar-refractivity contribution in [3.05, 3.63) is 29.3 Å². The number of carboxylic acids is 1. The van der Waals surface area contributed by atoms with Gasteiger partial charge >= 0.3 is 12.1 Å². The second-order valence-corrected chi connectivity index (χ2v) is 3.75. The van der Waals surface area contributed by atoms with Crippen LogP contribution < -0.4 is 5.32 Å². The molecule has 0 aliphatic carbocycles. The van der Waals surface area contributed by atoms with Crippen molar-refractivity contribution in [2.24, 2.45) is 0 Å². The molecule has 0 aliphatic heterocycles. The van der Waals surface area contributed by atoms with Gasteiger partial charge in [-0.05, 0) is 12.1 Å². The van der Waals surface area contributed by atoms with Gasteiger partial charge in [0.15, 0.2) is 0 Å². The first-order chi connectivity index (χ1) is 8.77. The Hall–Kier alpha value is -1.80. The zero-order chi connectivity index (χ0) is 14.6. The van der Waals surface area contributed by atoms with Crippen LogP contribution in [0.15, 0.2) is 18.2 Å². The van der Waals surface area contributed by atoms with Crippen LogP contribution in [-0.4, -0.2) is 40.5 Å². The number of benzene rings is 1. The van der Waals surface area contributed by atoms with E-state index in [9.17, 15) is 18.0 Å². The SMILES string of the molecule is O=C(O)c1cccc(C(F)(F)F)c1NCC(O)CO. The molecular weight excluding hydrogens is 267 g/mol. The third-order valence-corrected chi connectivity index (χ3v) is 2.33. The lowest BCUT2D eigenvalue weighted by Gasteiger charge is -2.18. The van der Waals surface area contributed by atoms with Crippen LogP contribution in [0.1, 0.15) is 15.9 Å². The Morgan fingerprint density at radius 3 is 2.47 bits per heavy atom. The van der Waals surface area contributed by atoms with E-state index in [0.29, 0.717) is 0 Å². The molecule has 0 spiro atoms. The second-order valence-electron chi connectivity index (χ2n) is 3.75. The number of aliphatic hydroxyl groups is 2. The lowest BCUT2D eigenvalue weighted by Crippen LogP contribution is -2.25. The number of aliphatic hydroxyl groups excluding tert-OH is 2. The lowest BCUT2D eigenvalue weighted by molar-refractivity contribution is -0.137. The molecule has 106 valence electrons. The van der Waals surface area contributed by atoms with Crippen LogP contribution in [0, 0.1) is 0 Å². The number of carboxylic acid groups (broad SMARTS) is 1. The highest BCUT2D eigenvalue weighted by molar-refractivity contribution is 5.95. The molecule has 0 fully saturated rings. The van der Waals surface area contributed by atoms with E-state index in [1.807, 2.05) is 0 Å². The van der Waals surface area contributed by atoms with Crippen molar-refractivity contribution in [2.75, 3.05) is 18.5 Å². The molecule has 1 aromatic carbocycles. The van der Waals surface area contributed by atoms with Crippen LogP contribution in [0.5, 0.6) is 0 Å². The Morgan fingerprint density at radius 2 is 2.00 bits per heavy atom. The number of hydrogen-bond donors (Lipinski definition) is 4. The first-order valence-electron chi connectivity index (χ1n) is 5.23. The summed E-state index contributed by atoms with van der Waals surface area (Å²) in [5, 5.41) is 28.8. The summed E-state index contributed by atoms with van der Waals surface area (Å²) in [5.74, 6) is -1.52. The normalized spacial score (nSPS) is 13.1. The average Bonchev–Trinajstić information content (AvgIpc) is 2.34. The smallest absolute Gasteiger partial charge is 0.418 e. The molecule has 0 aromatic heterocycles. The zero-order valence-corrected chi connectivity index (χ0v) is 9.61. The molecule has 0 saturated carbocycles. The topological polar surface area (TPSA) is 89.8 Å². The monoisotopic (exact) mass is 279 g/mol. The molecule has 1 atom stereocenters. The fourth-order valence-corrected chi connectivity index (χ4v) is 1.44. The number of rotatable bonds is 5. The van der Waals surface area contributed by atoms with Gasteiger partial charge in [0.1, 0.15) is 0 Å². The maximum absolute atomic E-state index is 12.8. The van der Waals surface area contributed by atoms with Crippen LogP contribution in [0.4, 0.5) is 18.9 Å². The lowest BCUT2D eigenvalue weighted by atomic mass is 10.1. The molecule has 1 unspecified atom stereocenters. The van der Waals surface area contributed by atoms with E-state index >= 15 is 0 Å². The predicted molar refractivity (Wildman–Crippen MR) is 60.0 cm³/mol. The first kappa shape index (κ1) is 15.3. The molecule has 5 nitrogen and oxygen atoms in total. The Morgan fingerprint density at radius 1 is 1.37 bits per heavy atom. The number of hydrogen-bond acceptors (Lipinski definition) is 4. The quantitative estimate of drug-likeness (QED) is 0.649. The summed E-state index contributed by atoms with van der Waals surface area (Å²) < 4.78 is 38.3. The Bertz CT molecular complexity index is 462. The highest BCUT2D eigenvalue weighted by atomic mass is 19.4. The first-order valence-corrected chi connectivity index (χ1v) is 5.23. The van der Waals surface area contributed by atoms with E-state index in [4.69, 9.17) is 15.3 Å². The maximum atomic E-state index is 12.8. The van der Waals surface area contributed by atoms with E-state index in [-0.39, 0.29) is 0 Å². The summed E-state index contributed by atoms with van der Waals surface area (Å²) >= 11 is 0. The molecule has 1 rings (SSSR count). The fourth-order valence-electron chi connectivity index (χ4n) is 1.44. The molecule has 0 aliphatic rings. The highest BCUT2D eigenvalue weighted by Gasteiger charge is 2.35. The molecular formula is C11H12F3NO4. The van der Waals surface area contributed by atoms with Gasteiger partial charge in [0.25, 0.3) is 0 Å². The van der Waals surface area contributed by atoms with Gasteiger partial charge in [0.2, 0.25) is 0 Å². The van der Waals surface area contributed by atoms with E-state index in [1.54, 1.807) is 0 Å². The minimum Gasteiger partial charge on any atom is -0.478 e. The zero-order valence-electron chi connectivity index (χ0n) is 9.61. The van der Waals surface area contributed by atoms with E-state index in [0.717, 1.165) is 18.2 Å².